The van der Waals surface area contributed by atoms with Crippen LogP contribution in [0.4, 0.5) is 5.69 Å². The number of halogens is 1. The van der Waals surface area contributed by atoms with E-state index in [0.717, 1.165) is 8.78 Å². The Labute approximate surface area is 160 Å². The summed E-state index contributed by atoms with van der Waals surface area (Å²) in [5.74, 6) is 0.708. The molecule has 9 heteroatoms. The number of carbonyl (C=O) groups excluding carboxylic acids is 1. The summed E-state index contributed by atoms with van der Waals surface area (Å²) >= 11 is 3.27. The number of fused-ring (bicyclic) bond motifs is 1. The number of hydrogen-bond acceptors (Lipinski definition) is 5. The van der Waals surface area contributed by atoms with Crippen LogP contribution in [0.5, 0.6) is 11.5 Å². The highest BCUT2D eigenvalue weighted by atomic mass is 79.9. The number of sulfonamides is 1. The lowest BCUT2D eigenvalue weighted by atomic mass is 10.3. The number of amides is 1. The van der Waals surface area contributed by atoms with Gasteiger partial charge in [-0.25, -0.2) is 8.42 Å². The molecular weight excluding hydrogens is 424 g/mol. The molecule has 1 aliphatic heterocycles. The first kappa shape index (κ1) is 18.7. The zero-order valence-electron chi connectivity index (χ0n) is 13.9. The summed E-state index contributed by atoms with van der Waals surface area (Å²) in [4.78, 5) is 12.5. The molecule has 0 spiro atoms. The van der Waals surface area contributed by atoms with Gasteiger partial charge in [0, 0.05) is 22.8 Å². The van der Waals surface area contributed by atoms with E-state index in [4.69, 9.17) is 9.47 Å². The molecule has 1 aliphatic rings. The van der Waals surface area contributed by atoms with Crippen molar-refractivity contribution >= 4 is 37.5 Å². The molecule has 26 heavy (non-hydrogen) atoms. The molecule has 0 aromatic heterocycles. The summed E-state index contributed by atoms with van der Waals surface area (Å²) in [7, 11) is -3.76. The maximum Gasteiger partial charge on any atom is 0.243 e. The Hall–Kier alpha value is -2.10. The van der Waals surface area contributed by atoms with Gasteiger partial charge in [-0.05, 0) is 36.4 Å². The van der Waals surface area contributed by atoms with Gasteiger partial charge in [0.05, 0.1) is 11.4 Å². The zero-order valence-corrected chi connectivity index (χ0v) is 16.3. The van der Waals surface area contributed by atoms with Crippen LogP contribution in [0.2, 0.25) is 0 Å². The summed E-state index contributed by atoms with van der Waals surface area (Å²) in [5, 5.41) is 2.68. The van der Waals surface area contributed by atoms with Gasteiger partial charge in [0.2, 0.25) is 22.7 Å². The molecule has 0 saturated heterocycles. The molecule has 0 atom stereocenters. The van der Waals surface area contributed by atoms with E-state index >= 15 is 0 Å². The number of ether oxygens (including phenoxy) is 2. The molecule has 0 bridgehead atoms. The SMILES string of the molecule is CCN(CC(=O)Nc1ccc2c(c1)OCO2)S(=O)(=O)c1ccc(Br)cc1. The van der Waals surface area contributed by atoms with Crippen LogP contribution in [-0.2, 0) is 14.8 Å². The van der Waals surface area contributed by atoms with E-state index in [2.05, 4.69) is 21.2 Å². The van der Waals surface area contributed by atoms with Gasteiger partial charge in [0.15, 0.2) is 11.5 Å². The number of nitrogens with zero attached hydrogens (tertiary/aromatic N) is 1. The second-order valence-corrected chi connectivity index (χ2v) is 8.35. The smallest absolute Gasteiger partial charge is 0.243 e. The van der Waals surface area contributed by atoms with E-state index in [1.165, 1.54) is 12.1 Å². The van der Waals surface area contributed by atoms with E-state index < -0.39 is 15.9 Å². The predicted molar refractivity (Wildman–Crippen MR) is 99.8 cm³/mol. The Bertz CT molecular complexity index is 915. The topological polar surface area (TPSA) is 84.9 Å². The standard InChI is InChI=1S/C17H17BrN2O5S/c1-2-20(26(22,23)14-6-3-12(18)4-7-14)10-17(21)19-13-5-8-15-16(9-13)25-11-24-15/h3-9H,2,10-11H2,1H3,(H,19,21). The fourth-order valence-electron chi connectivity index (χ4n) is 2.46. The molecular formula is C17H17BrN2O5S. The normalized spacial score (nSPS) is 13.0. The van der Waals surface area contributed by atoms with Gasteiger partial charge in [0.1, 0.15) is 0 Å². The Kier molecular flexibility index (Phi) is 5.49. The maximum atomic E-state index is 12.7. The molecule has 0 aliphatic carbocycles. The number of benzene rings is 2. The van der Waals surface area contributed by atoms with Crippen LogP contribution in [0.3, 0.4) is 0 Å². The molecule has 0 radical (unpaired) electrons. The molecule has 2 aromatic carbocycles. The minimum atomic E-state index is -3.76. The molecule has 1 N–H and O–H groups in total. The first-order valence-corrected chi connectivity index (χ1v) is 10.1. The van der Waals surface area contributed by atoms with Crippen LogP contribution in [0.1, 0.15) is 6.92 Å². The third-order valence-corrected chi connectivity index (χ3v) is 6.24. The number of likely N-dealkylation sites (N-methyl/N-ethyl adjacent to an activating group) is 1. The van der Waals surface area contributed by atoms with Gasteiger partial charge in [-0.15, -0.1) is 0 Å². The molecule has 0 unspecified atom stereocenters. The van der Waals surface area contributed by atoms with Crippen LogP contribution in [0, 0.1) is 0 Å². The summed E-state index contributed by atoms with van der Waals surface area (Å²) < 4.78 is 37.8. The molecule has 2 aromatic rings. The average Bonchev–Trinajstić information content (AvgIpc) is 3.07. The van der Waals surface area contributed by atoms with E-state index in [1.807, 2.05) is 0 Å². The highest BCUT2D eigenvalue weighted by molar-refractivity contribution is 9.10. The number of hydrogen-bond donors (Lipinski definition) is 1. The Balaban J connectivity index is 1.71. The van der Waals surface area contributed by atoms with E-state index in [9.17, 15) is 13.2 Å². The van der Waals surface area contributed by atoms with Gasteiger partial charge in [0.25, 0.3) is 0 Å². The third-order valence-electron chi connectivity index (χ3n) is 3.78. The largest absolute Gasteiger partial charge is 0.454 e. The molecule has 0 saturated carbocycles. The zero-order chi connectivity index (χ0) is 18.7. The van der Waals surface area contributed by atoms with Crippen molar-refractivity contribution in [3.63, 3.8) is 0 Å². The average molecular weight is 441 g/mol. The van der Waals surface area contributed by atoms with Crippen molar-refractivity contribution in [2.24, 2.45) is 0 Å². The number of anilines is 1. The van der Waals surface area contributed by atoms with Crippen molar-refractivity contribution in [3.8, 4) is 11.5 Å². The van der Waals surface area contributed by atoms with E-state index in [-0.39, 0.29) is 24.8 Å². The van der Waals surface area contributed by atoms with Crippen LogP contribution in [0.15, 0.2) is 51.8 Å². The van der Waals surface area contributed by atoms with Gasteiger partial charge >= 0.3 is 0 Å². The highest BCUT2D eigenvalue weighted by Crippen LogP contribution is 2.34. The van der Waals surface area contributed by atoms with Crippen LogP contribution < -0.4 is 14.8 Å². The Morgan fingerprint density at radius 3 is 2.54 bits per heavy atom. The molecule has 138 valence electrons. The van der Waals surface area contributed by atoms with Crippen molar-refractivity contribution in [3.05, 3.63) is 46.9 Å². The third kappa shape index (κ3) is 4.00. The first-order chi connectivity index (χ1) is 12.4. The molecule has 7 nitrogen and oxygen atoms in total. The lowest BCUT2D eigenvalue weighted by molar-refractivity contribution is -0.116. The fraction of sp³-hybridized carbons (Fsp3) is 0.235. The molecule has 1 heterocycles. The predicted octanol–water partition coefficient (Wildman–Crippen LogP) is 2.83. The monoisotopic (exact) mass is 440 g/mol. The van der Waals surface area contributed by atoms with E-state index in [0.29, 0.717) is 17.2 Å². The number of nitrogens with one attached hydrogen (secondary N) is 1. The Morgan fingerprint density at radius 1 is 1.15 bits per heavy atom. The van der Waals surface area contributed by atoms with Gasteiger partial charge in [-0.2, -0.15) is 4.31 Å². The van der Waals surface area contributed by atoms with Crippen LogP contribution in [-0.4, -0.2) is 38.5 Å². The van der Waals surface area contributed by atoms with Crippen molar-refractivity contribution in [1.82, 2.24) is 4.31 Å². The van der Waals surface area contributed by atoms with E-state index in [1.54, 1.807) is 37.3 Å². The summed E-state index contributed by atoms with van der Waals surface area (Å²) in [6.45, 7) is 1.71. The highest BCUT2D eigenvalue weighted by Gasteiger charge is 2.25. The van der Waals surface area contributed by atoms with Crippen molar-refractivity contribution in [2.45, 2.75) is 11.8 Å². The Morgan fingerprint density at radius 2 is 1.85 bits per heavy atom. The maximum absolute atomic E-state index is 12.7. The van der Waals surface area contributed by atoms with Crippen molar-refractivity contribution in [2.75, 3.05) is 25.2 Å². The second kappa shape index (κ2) is 7.65. The van der Waals surface area contributed by atoms with Gasteiger partial charge in [-0.3, -0.25) is 4.79 Å². The van der Waals surface area contributed by atoms with Crippen molar-refractivity contribution in [1.29, 1.82) is 0 Å². The minimum Gasteiger partial charge on any atom is -0.454 e. The van der Waals surface area contributed by atoms with Crippen LogP contribution in [0.25, 0.3) is 0 Å². The first-order valence-electron chi connectivity index (χ1n) is 7.85. The second-order valence-electron chi connectivity index (χ2n) is 5.50. The summed E-state index contributed by atoms with van der Waals surface area (Å²) in [6, 6.07) is 11.3. The summed E-state index contributed by atoms with van der Waals surface area (Å²) in [6.07, 6.45) is 0. The van der Waals surface area contributed by atoms with Crippen LogP contribution >= 0.6 is 15.9 Å². The fourth-order valence-corrected chi connectivity index (χ4v) is 4.13. The molecule has 3 rings (SSSR count). The number of rotatable bonds is 6. The van der Waals surface area contributed by atoms with Gasteiger partial charge < -0.3 is 14.8 Å². The molecule has 0 fully saturated rings. The van der Waals surface area contributed by atoms with Gasteiger partial charge in [-0.1, -0.05) is 22.9 Å². The number of carbonyl (C=O) groups is 1. The molecule has 1 amide bonds. The lowest BCUT2D eigenvalue weighted by Gasteiger charge is -2.20. The quantitative estimate of drug-likeness (QED) is 0.746. The minimum absolute atomic E-state index is 0.137. The lowest BCUT2D eigenvalue weighted by Crippen LogP contribution is -2.37. The van der Waals surface area contributed by atoms with Crippen molar-refractivity contribution < 1.29 is 22.7 Å². The summed E-state index contributed by atoms with van der Waals surface area (Å²) in [5.41, 5.74) is 0.511.